The molecule has 0 aliphatic carbocycles. The number of rotatable bonds is 9. The van der Waals surface area contributed by atoms with Crippen LogP contribution in [0.4, 0.5) is 0 Å². The van der Waals surface area contributed by atoms with E-state index in [1.165, 1.54) is 5.56 Å². The molecular weight excluding hydrogens is 482 g/mol. The lowest BCUT2D eigenvalue weighted by Gasteiger charge is -2.32. The second kappa shape index (κ2) is 12.0. The highest BCUT2D eigenvalue weighted by Crippen LogP contribution is 2.34. The Morgan fingerprint density at radius 2 is 1.76 bits per heavy atom. The minimum absolute atomic E-state index is 0.00528. The van der Waals surface area contributed by atoms with Crippen molar-refractivity contribution in [3.8, 4) is 28.4 Å². The molecule has 1 saturated heterocycles. The normalized spacial score (nSPS) is 14.8. The average Bonchev–Trinajstić information content (AvgIpc) is 3.43. The molecule has 3 aromatic rings. The molecule has 2 heterocycles. The van der Waals surface area contributed by atoms with E-state index in [0.717, 1.165) is 61.4 Å². The van der Waals surface area contributed by atoms with Gasteiger partial charge in [0.1, 0.15) is 5.75 Å². The summed E-state index contributed by atoms with van der Waals surface area (Å²) in [5.41, 5.74) is 3.40. The minimum Gasteiger partial charge on any atom is -0.483 e. The summed E-state index contributed by atoms with van der Waals surface area (Å²) in [7, 11) is 0. The molecule has 1 amide bonds. The summed E-state index contributed by atoms with van der Waals surface area (Å²) in [5, 5.41) is 0. The van der Waals surface area contributed by atoms with Gasteiger partial charge in [-0.1, -0.05) is 36.4 Å². The predicted octanol–water partition coefficient (Wildman–Crippen LogP) is 5.51. The zero-order valence-corrected chi connectivity index (χ0v) is 21.7. The quantitative estimate of drug-likeness (QED) is 0.350. The second-order valence-electron chi connectivity index (χ2n) is 9.64. The summed E-state index contributed by atoms with van der Waals surface area (Å²) in [6.07, 6.45) is 4.07. The first kappa shape index (κ1) is 25.6. The number of esters is 1. The van der Waals surface area contributed by atoms with Crippen LogP contribution in [0.15, 0.2) is 66.7 Å². The Hall–Kier alpha value is -4.00. The van der Waals surface area contributed by atoms with Crippen molar-refractivity contribution in [2.75, 3.05) is 33.1 Å². The molecule has 0 radical (unpaired) electrons. The number of hydrogen-bond acceptors (Lipinski definition) is 6. The number of para-hydroxylation sites is 1. The number of piperidine rings is 1. The number of nitrogens with zero attached hydrogens (tertiary/aromatic N) is 1. The summed E-state index contributed by atoms with van der Waals surface area (Å²) in [4.78, 5) is 27.0. The third-order valence-electron chi connectivity index (χ3n) is 7.17. The Morgan fingerprint density at radius 1 is 0.947 bits per heavy atom. The first-order valence-corrected chi connectivity index (χ1v) is 13.3. The van der Waals surface area contributed by atoms with Crippen molar-refractivity contribution in [3.63, 3.8) is 0 Å². The summed E-state index contributed by atoms with van der Waals surface area (Å²) in [6.45, 7) is 3.88. The number of carbonyl (C=O) groups excluding carboxylic acids is 2. The number of benzene rings is 3. The molecule has 0 bridgehead atoms. The van der Waals surface area contributed by atoms with Crippen LogP contribution in [-0.4, -0.2) is 49.9 Å². The van der Waals surface area contributed by atoms with Gasteiger partial charge in [-0.3, -0.25) is 4.79 Å². The Kier molecular flexibility index (Phi) is 8.12. The van der Waals surface area contributed by atoms with Gasteiger partial charge >= 0.3 is 5.97 Å². The second-order valence-corrected chi connectivity index (χ2v) is 9.64. The molecule has 2 aliphatic rings. The maximum absolute atomic E-state index is 12.9. The van der Waals surface area contributed by atoms with Gasteiger partial charge in [-0.2, -0.15) is 0 Å². The molecule has 38 heavy (non-hydrogen) atoms. The lowest BCUT2D eigenvalue weighted by Crippen LogP contribution is -2.41. The molecule has 0 N–H and O–H groups in total. The van der Waals surface area contributed by atoms with E-state index in [-0.39, 0.29) is 18.5 Å². The van der Waals surface area contributed by atoms with Crippen molar-refractivity contribution in [1.29, 1.82) is 0 Å². The lowest BCUT2D eigenvalue weighted by molar-refractivity contribution is -0.134. The van der Waals surface area contributed by atoms with Crippen LogP contribution in [0.2, 0.25) is 0 Å². The summed E-state index contributed by atoms with van der Waals surface area (Å²) in [6, 6.07) is 21.0. The van der Waals surface area contributed by atoms with Gasteiger partial charge in [-0.25, -0.2) is 4.79 Å². The van der Waals surface area contributed by atoms with E-state index in [1.807, 2.05) is 47.4 Å². The number of carbonyl (C=O) groups is 2. The number of fused-ring (bicyclic) bond motifs is 1. The van der Waals surface area contributed by atoms with Crippen LogP contribution < -0.4 is 14.2 Å². The maximum Gasteiger partial charge on any atom is 0.338 e. The first-order chi connectivity index (χ1) is 18.6. The molecule has 0 saturated carbocycles. The van der Waals surface area contributed by atoms with E-state index in [4.69, 9.17) is 18.9 Å². The molecule has 1 fully saturated rings. The van der Waals surface area contributed by atoms with Crippen molar-refractivity contribution < 1.29 is 28.5 Å². The van der Waals surface area contributed by atoms with E-state index in [2.05, 4.69) is 12.1 Å². The fraction of sp³-hybridized carbons (Fsp3) is 0.355. The monoisotopic (exact) mass is 515 g/mol. The van der Waals surface area contributed by atoms with Gasteiger partial charge in [0.05, 0.1) is 12.2 Å². The highest BCUT2D eigenvalue weighted by molar-refractivity contribution is 5.91. The number of ether oxygens (including phenoxy) is 4. The highest BCUT2D eigenvalue weighted by atomic mass is 16.7. The van der Waals surface area contributed by atoms with Gasteiger partial charge in [-0.15, -0.1) is 0 Å². The van der Waals surface area contributed by atoms with Crippen molar-refractivity contribution >= 4 is 11.9 Å². The summed E-state index contributed by atoms with van der Waals surface area (Å²) in [5.74, 6) is 2.49. The van der Waals surface area contributed by atoms with Crippen LogP contribution in [0.5, 0.6) is 17.2 Å². The number of aryl methyl sites for hydroxylation is 1. The molecule has 0 unspecified atom stereocenters. The summed E-state index contributed by atoms with van der Waals surface area (Å²) >= 11 is 0. The molecule has 0 atom stereocenters. The van der Waals surface area contributed by atoms with Crippen LogP contribution in [0.25, 0.3) is 11.1 Å². The van der Waals surface area contributed by atoms with Crippen molar-refractivity contribution in [2.45, 2.75) is 32.6 Å². The molecular formula is C31H33NO6. The van der Waals surface area contributed by atoms with Crippen LogP contribution in [-0.2, 0) is 16.0 Å². The Labute approximate surface area is 223 Å². The van der Waals surface area contributed by atoms with E-state index < -0.39 is 0 Å². The molecule has 0 aromatic heterocycles. The van der Waals surface area contributed by atoms with Crippen LogP contribution in [0.1, 0.15) is 42.1 Å². The Balaban J connectivity index is 1.12. The zero-order valence-electron chi connectivity index (χ0n) is 21.7. The molecule has 2 aliphatic heterocycles. The highest BCUT2D eigenvalue weighted by Gasteiger charge is 2.24. The molecule has 198 valence electrons. The van der Waals surface area contributed by atoms with E-state index in [1.54, 1.807) is 19.1 Å². The standard InChI is InChI=1S/C31H33NO6/c1-2-35-31(34)25-7-5-6-24(19-25)26-8-3-4-9-27(26)36-20-30(33)32-16-14-22(15-17-32)10-11-23-12-13-28-29(18-23)38-21-37-28/h3-9,12-13,18-19,22H,2,10-11,14-17,20-21H2,1H3. The fourth-order valence-corrected chi connectivity index (χ4v) is 5.03. The van der Waals surface area contributed by atoms with Crippen molar-refractivity contribution in [3.05, 3.63) is 77.9 Å². The van der Waals surface area contributed by atoms with Crippen LogP contribution in [0, 0.1) is 5.92 Å². The fourth-order valence-electron chi connectivity index (χ4n) is 5.03. The third-order valence-corrected chi connectivity index (χ3v) is 7.17. The third kappa shape index (κ3) is 6.10. The molecule has 7 heteroatoms. The average molecular weight is 516 g/mol. The Morgan fingerprint density at radius 3 is 2.61 bits per heavy atom. The van der Waals surface area contributed by atoms with Crippen LogP contribution in [0.3, 0.4) is 0 Å². The van der Waals surface area contributed by atoms with Gasteiger partial charge in [-0.05, 0) is 80.0 Å². The number of likely N-dealkylation sites (tertiary alicyclic amines) is 1. The minimum atomic E-state index is -0.359. The smallest absolute Gasteiger partial charge is 0.338 e. The molecule has 3 aromatic carbocycles. The molecule has 0 spiro atoms. The molecule has 5 rings (SSSR count). The summed E-state index contributed by atoms with van der Waals surface area (Å²) < 4.78 is 22.0. The van der Waals surface area contributed by atoms with E-state index >= 15 is 0 Å². The van der Waals surface area contributed by atoms with Crippen molar-refractivity contribution in [1.82, 2.24) is 4.90 Å². The van der Waals surface area contributed by atoms with E-state index in [0.29, 0.717) is 30.6 Å². The largest absolute Gasteiger partial charge is 0.483 e. The topological polar surface area (TPSA) is 74.3 Å². The lowest BCUT2D eigenvalue weighted by atomic mass is 9.90. The van der Waals surface area contributed by atoms with Gasteiger partial charge in [0, 0.05) is 18.7 Å². The maximum atomic E-state index is 12.9. The van der Waals surface area contributed by atoms with Gasteiger partial charge in [0.25, 0.3) is 5.91 Å². The number of amides is 1. The van der Waals surface area contributed by atoms with Gasteiger partial charge < -0.3 is 23.8 Å². The first-order valence-electron chi connectivity index (χ1n) is 13.3. The van der Waals surface area contributed by atoms with E-state index in [9.17, 15) is 9.59 Å². The Bertz CT molecular complexity index is 1280. The van der Waals surface area contributed by atoms with Gasteiger partial charge in [0.15, 0.2) is 18.1 Å². The van der Waals surface area contributed by atoms with Gasteiger partial charge in [0.2, 0.25) is 6.79 Å². The number of hydrogen-bond donors (Lipinski definition) is 0. The van der Waals surface area contributed by atoms with Crippen molar-refractivity contribution in [2.24, 2.45) is 5.92 Å². The SMILES string of the molecule is CCOC(=O)c1cccc(-c2ccccc2OCC(=O)N2CCC(CCc3ccc4c(c3)OCO4)CC2)c1. The predicted molar refractivity (Wildman–Crippen MR) is 144 cm³/mol. The van der Waals surface area contributed by atoms with Crippen LogP contribution >= 0.6 is 0 Å². The molecule has 7 nitrogen and oxygen atoms in total. The zero-order chi connectivity index (χ0) is 26.3.